The van der Waals surface area contributed by atoms with Crippen LogP contribution >= 0.6 is 0 Å². The van der Waals surface area contributed by atoms with Crippen molar-refractivity contribution < 1.29 is 18.3 Å². The van der Waals surface area contributed by atoms with Gasteiger partial charge in [-0.05, 0) is 37.6 Å². The van der Waals surface area contributed by atoms with E-state index in [2.05, 4.69) is 0 Å². The highest BCUT2D eigenvalue weighted by molar-refractivity contribution is 7.92. The zero-order chi connectivity index (χ0) is 16.4. The normalized spacial score (nSPS) is 17.5. The minimum Gasteiger partial charge on any atom is -0.489 e. The minimum absolute atomic E-state index is 0.101. The number of aryl methyl sites for hydroxylation is 1. The minimum atomic E-state index is -3.72. The average molecular weight is 333 g/mol. The molecule has 0 radical (unpaired) electrons. The first-order valence-corrected chi connectivity index (χ1v) is 8.92. The van der Waals surface area contributed by atoms with Crippen LogP contribution in [0.5, 0.6) is 5.75 Å². The fourth-order valence-electron chi connectivity index (χ4n) is 2.71. The second kappa shape index (κ2) is 6.22. The Kier molecular flexibility index (Phi) is 4.28. The molecule has 6 heteroatoms. The van der Waals surface area contributed by atoms with Gasteiger partial charge in [0.05, 0.1) is 16.6 Å². The van der Waals surface area contributed by atoms with Gasteiger partial charge < -0.3 is 9.84 Å². The number of aliphatic hydroxyl groups excluding tert-OH is 1. The van der Waals surface area contributed by atoms with E-state index in [4.69, 9.17) is 4.74 Å². The Morgan fingerprint density at radius 2 is 1.87 bits per heavy atom. The third-order valence-corrected chi connectivity index (χ3v) is 5.79. The van der Waals surface area contributed by atoms with Crippen LogP contribution in [0, 0.1) is 6.92 Å². The van der Waals surface area contributed by atoms with Crippen molar-refractivity contribution in [3.05, 3.63) is 54.1 Å². The van der Waals surface area contributed by atoms with Gasteiger partial charge in [0.1, 0.15) is 12.4 Å². The Hall–Kier alpha value is -2.05. The zero-order valence-electron chi connectivity index (χ0n) is 12.8. The topological polar surface area (TPSA) is 66.8 Å². The molecule has 3 rings (SSSR count). The van der Waals surface area contributed by atoms with Gasteiger partial charge in [-0.1, -0.05) is 29.8 Å². The standard InChI is InChI=1S/C17H19NO4S/c1-13-6-8-15(9-7-13)23(20,21)18-14(10-11-19)12-22-17-5-3-2-4-16(17)18/h2-9,14,19H,10-12H2,1H3. The Bertz CT molecular complexity index is 786. The van der Waals surface area contributed by atoms with E-state index in [1.165, 1.54) is 4.31 Å². The maximum atomic E-state index is 13.1. The number of aliphatic hydroxyl groups is 1. The van der Waals surface area contributed by atoms with Crippen molar-refractivity contribution in [2.45, 2.75) is 24.3 Å². The van der Waals surface area contributed by atoms with Crippen molar-refractivity contribution in [2.24, 2.45) is 0 Å². The molecular weight excluding hydrogens is 314 g/mol. The van der Waals surface area contributed by atoms with Crippen LogP contribution in [-0.4, -0.2) is 32.8 Å². The first-order chi connectivity index (χ1) is 11.0. The van der Waals surface area contributed by atoms with Crippen molar-refractivity contribution >= 4 is 15.7 Å². The molecule has 0 aliphatic carbocycles. The van der Waals surface area contributed by atoms with E-state index in [9.17, 15) is 13.5 Å². The molecule has 0 saturated heterocycles. The van der Waals surface area contributed by atoms with Gasteiger partial charge in [0, 0.05) is 6.61 Å². The number of sulfonamides is 1. The summed E-state index contributed by atoms with van der Waals surface area (Å²) in [5.41, 5.74) is 1.51. The molecule has 0 bridgehead atoms. The quantitative estimate of drug-likeness (QED) is 0.932. The van der Waals surface area contributed by atoms with Crippen molar-refractivity contribution in [1.29, 1.82) is 0 Å². The summed E-state index contributed by atoms with van der Waals surface area (Å²) in [6.07, 6.45) is 0.319. The SMILES string of the molecule is Cc1ccc(S(=O)(=O)N2c3ccccc3OCC2CCO)cc1. The lowest BCUT2D eigenvalue weighted by Crippen LogP contribution is -2.47. The van der Waals surface area contributed by atoms with Crippen LogP contribution in [0.25, 0.3) is 0 Å². The Morgan fingerprint density at radius 3 is 2.57 bits per heavy atom. The molecule has 2 aromatic carbocycles. The van der Waals surface area contributed by atoms with Gasteiger partial charge in [0.15, 0.2) is 0 Å². The summed E-state index contributed by atoms with van der Waals surface area (Å²) in [5.74, 6) is 0.539. The first-order valence-electron chi connectivity index (χ1n) is 7.48. The summed E-state index contributed by atoms with van der Waals surface area (Å²) in [4.78, 5) is 0.239. The molecule has 122 valence electrons. The van der Waals surface area contributed by atoms with Crippen molar-refractivity contribution in [2.75, 3.05) is 17.5 Å². The number of anilines is 1. The van der Waals surface area contributed by atoms with E-state index in [1.807, 2.05) is 13.0 Å². The monoisotopic (exact) mass is 333 g/mol. The van der Waals surface area contributed by atoms with Gasteiger partial charge in [-0.15, -0.1) is 0 Å². The number of fused-ring (bicyclic) bond motifs is 1. The summed E-state index contributed by atoms with van der Waals surface area (Å²) in [7, 11) is -3.72. The van der Waals surface area contributed by atoms with Crippen molar-refractivity contribution in [3.8, 4) is 5.75 Å². The zero-order valence-corrected chi connectivity index (χ0v) is 13.7. The third kappa shape index (κ3) is 2.92. The molecule has 1 N–H and O–H groups in total. The van der Waals surface area contributed by atoms with Gasteiger partial charge in [0.2, 0.25) is 0 Å². The first kappa shape index (κ1) is 15.8. The van der Waals surface area contributed by atoms with Gasteiger partial charge in [0.25, 0.3) is 10.0 Å². The van der Waals surface area contributed by atoms with E-state index in [0.717, 1.165) is 5.56 Å². The number of para-hydroxylation sites is 2. The molecule has 0 saturated carbocycles. The number of rotatable bonds is 4. The highest BCUT2D eigenvalue weighted by atomic mass is 32.2. The van der Waals surface area contributed by atoms with Crippen LogP contribution in [0.4, 0.5) is 5.69 Å². The van der Waals surface area contributed by atoms with Crippen LogP contribution in [0.3, 0.4) is 0 Å². The molecule has 23 heavy (non-hydrogen) atoms. The molecule has 1 heterocycles. The molecule has 1 aliphatic rings. The van der Waals surface area contributed by atoms with E-state index < -0.39 is 16.1 Å². The molecule has 1 atom stereocenters. The Labute approximate surface area is 136 Å². The van der Waals surface area contributed by atoms with Gasteiger partial charge in [-0.25, -0.2) is 8.42 Å². The molecule has 0 amide bonds. The Balaban J connectivity index is 2.11. The molecule has 0 spiro atoms. The lowest BCUT2D eigenvalue weighted by molar-refractivity contribution is 0.225. The number of nitrogens with zero attached hydrogens (tertiary/aromatic N) is 1. The second-order valence-corrected chi connectivity index (χ2v) is 7.37. The number of ether oxygens (including phenoxy) is 1. The number of benzene rings is 2. The molecule has 2 aromatic rings. The van der Waals surface area contributed by atoms with Crippen LogP contribution in [-0.2, 0) is 10.0 Å². The molecular formula is C17H19NO4S. The van der Waals surface area contributed by atoms with Crippen molar-refractivity contribution in [1.82, 2.24) is 0 Å². The number of hydrogen-bond donors (Lipinski definition) is 1. The Morgan fingerprint density at radius 1 is 1.17 bits per heavy atom. The summed E-state index contributed by atoms with van der Waals surface area (Å²) < 4.78 is 33.3. The molecule has 0 aromatic heterocycles. The highest BCUT2D eigenvalue weighted by Crippen LogP contribution is 2.38. The van der Waals surface area contributed by atoms with Crippen molar-refractivity contribution in [3.63, 3.8) is 0 Å². The lowest BCUT2D eigenvalue weighted by atomic mass is 10.1. The average Bonchev–Trinajstić information content (AvgIpc) is 2.55. The maximum absolute atomic E-state index is 13.1. The predicted molar refractivity (Wildman–Crippen MR) is 88.3 cm³/mol. The van der Waals surface area contributed by atoms with Gasteiger partial charge in [-0.3, -0.25) is 4.31 Å². The highest BCUT2D eigenvalue weighted by Gasteiger charge is 2.36. The molecule has 1 aliphatic heterocycles. The summed E-state index contributed by atoms with van der Waals surface area (Å²) in [6.45, 7) is 2.04. The molecule has 1 unspecified atom stereocenters. The molecule has 0 fully saturated rings. The summed E-state index contributed by atoms with van der Waals surface area (Å²) >= 11 is 0. The van der Waals surface area contributed by atoms with E-state index >= 15 is 0 Å². The lowest BCUT2D eigenvalue weighted by Gasteiger charge is -2.37. The van der Waals surface area contributed by atoms with Crippen LogP contribution in [0.15, 0.2) is 53.4 Å². The fraction of sp³-hybridized carbons (Fsp3) is 0.294. The van der Waals surface area contributed by atoms with E-state index in [1.54, 1.807) is 42.5 Å². The molecule has 5 nitrogen and oxygen atoms in total. The maximum Gasteiger partial charge on any atom is 0.264 e. The summed E-state index contributed by atoms with van der Waals surface area (Å²) in [6, 6.07) is 13.4. The predicted octanol–water partition coefficient (Wildman–Crippen LogP) is 2.33. The second-order valence-electron chi connectivity index (χ2n) is 5.56. The van der Waals surface area contributed by atoms with E-state index in [-0.39, 0.29) is 18.1 Å². The third-order valence-electron chi connectivity index (χ3n) is 3.91. The number of hydrogen-bond acceptors (Lipinski definition) is 4. The summed E-state index contributed by atoms with van der Waals surface area (Å²) in [5, 5.41) is 9.28. The largest absolute Gasteiger partial charge is 0.489 e. The van der Waals surface area contributed by atoms with Gasteiger partial charge in [-0.2, -0.15) is 0 Å². The fourth-order valence-corrected chi connectivity index (χ4v) is 4.39. The van der Waals surface area contributed by atoms with Crippen LogP contribution in [0.1, 0.15) is 12.0 Å². The van der Waals surface area contributed by atoms with E-state index in [0.29, 0.717) is 17.9 Å². The van der Waals surface area contributed by atoms with Crippen LogP contribution < -0.4 is 9.04 Å². The van der Waals surface area contributed by atoms with Gasteiger partial charge >= 0.3 is 0 Å². The smallest absolute Gasteiger partial charge is 0.264 e. The van der Waals surface area contributed by atoms with Crippen LogP contribution in [0.2, 0.25) is 0 Å².